The molecule has 0 aliphatic carbocycles. The smallest absolute Gasteiger partial charge is 0.220 e. The molecule has 4 rings (SSSR count). The first-order valence-electron chi connectivity index (χ1n) is 10.3. The van der Waals surface area contributed by atoms with Gasteiger partial charge in [0.15, 0.2) is 5.16 Å². The third-order valence-electron chi connectivity index (χ3n) is 4.99. The van der Waals surface area contributed by atoms with Gasteiger partial charge in [-0.25, -0.2) is 4.39 Å². The van der Waals surface area contributed by atoms with E-state index in [4.69, 9.17) is 16.3 Å². The fourth-order valence-corrected chi connectivity index (χ4v) is 4.65. The van der Waals surface area contributed by atoms with Crippen molar-refractivity contribution >= 4 is 23.4 Å². The van der Waals surface area contributed by atoms with Gasteiger partial charge in [-0.1, -0.05) is 47.6 Å². The third-order valence-corrected chi connectivity index (χ3v) is 6.42. The lowest BCUT2D eigenvalue weighted by Gasteiger charge is -2.15. The summed E-state index contributed by atoms with van der Waals surface area (Å²) < 4.78 is 20.9. The summed E-state index contributed by atoms with van der Waals surface area (Å²) in [6, 6.07) is 20.5. The van der Waals surface area contributed by atoms with Gasteiger partial charge in [-0.3, -0.25) is 14.7 Å². The predicted molar refractivity (Wildman–Crippen MR) is 129 cm³/mol. The largest absolute Gasteiger partial charge is 0.489 e. The molecule has 3 aromatic carbocycles. The summed E-state index contributed by atoms with van der Waals surface area (Å²) in [5.74, 6) is 0.918. The molecule has 7 nitrogen and oxygen atoms in total. The van der Waals surface area contributed by atoms with E-state index >= 15 is 0 Å². The van der Waals surface area contributed by atoms with Gasteiger partial charge >= 0.3 is 0 Å². The Balaban J connectivity index is 1.53. The molecule has 0 radical (unpaired) electrons. The van der Waals surface area contributed by atoms with Crippen molar-refractivity contribution in [2.75, 3.05) is 6.54 Å². The maximum absolute atomic E-state index is 13.3. The number of thioether (sulfide) groups is 1. The van der Waals surface area contributed by atoms with Crippen molar-refractivity contribution in [1.29, 1.82) is 0 Å². The van der Waals surface area contributed by atoms with Crippen molar-refractivity contribution in [3.8, 4) is 11.4 Å². The highest BCUT2D eigenvalue weighted by atomic mass is 35.5. The molecule has 0 N–H and O–H groups in total. The van der Waals surface area contributed by atoms with E-state index in [1.165, 1.54) is 23.9 Å². The van der Waals surface area contributed by atoms with Crippen LogP contribution in [0.15, 0.2) is 78.0 Å². The number of nitrogens with zero attached hydrogens (tertiary/aromatic N) is 4. The van der Waals surface area contributed by atoms with E-state index in [1.54, 1.807) is 48.5 Å². The number of aromatic nitrogens is 3. The van der Waals surface area contributed by atoms with Gasteiger partial charge in [0, 0.05) is 15.6 Å². The second kappa shape index (κ2) is 10.7. The second-order valence-electron chi connectivity index (χ2n) is 7.45. The van der Waals surface area contributed by atoms with Crippen LogP contribution in [0.3, 0.4) is 0 Å². The van der Waals surface area contributed by atoms with Crippen molar-refractivity contribution in [1.82, 2.24) is 14.8 Å². The maximum Gasteiger partial charge on any atom is 0.220 e. The fraction of sp³-hybridized carbons (Fsp3) is 0.167. The highest BCUT2D eigenvalue weighted by Crippen LogP contribution is 2.36. The first kappa shape index (κ1) is 23.7. The van der Waals surface area contributed by atoms with E-state index < -0.39 is 5.25 Å². The van der Waals surface area contributed by atoms with E-state index in [9.17, 15) is 14.5 Å². The van der Waals surface area contributed by atoms with Crippen LogP contribution >= 0.6 is 23.4 Å². The van der Waals surface area contributed by atoms with Crippen molar-refractivity contribution in [3.63, 3.8) is 0 Å². The Bertz CT molecular complexity index is 1280. The minimum absolute atomic E-state index is 0.216. The molecule has 1 aromatic heterocycles. The first-order chi connectivity index (χ1) is 16.4. The van der Waals surface area contributed by atoms with Crippen LogP contribution in [-0.2, 0) is 6.61 Å². The van der Waals surface area contributed by atoms with Crippen molar-refractivity contribution in [2.24, 2.45) is 0 Å². The van der Waals surface area contributed by atoms with Gasteiger partial charge in [-0.05, 0) is 66.6 Å². The molecule has 1 atom stereocenters. The van der Waals surface area contributed by atoms with Gasteiger partial charge in [0.1, 0.15) is 29.2 Å². The van der Waals surface area contributed by atoms with Gasteiger partial charge in [0.2, 0.25) is 6.54 Å². The Morgan fingerprint density at radius 2 is 1.85 bits per heavy atom. The highest BCUT2D eigenvalue weighted by molar-refractivity contribution is 7.99. The molecule has 0 aliphatic rings. The third kappa shape index (κ3) is 5.92. The van der Waals surface area contributed by atoms with Crippen LogP contribution in [0.1, 0.15) is 22.2 Å². The number of halogens is 2. The standard InChI is InChI=1S/C24H20ClFN4O3S/c1-16-27-28-24(30(16)21-9-7-19(25)8-10-21)34-23(14-29(31)32)18-5-11-22(12-6-18)33-15-17-3-2-4-20(26)13-17/h2-13,23H,14-15H2,1H3/t23-/m0/s1. The van der Waals surface area contributed by atoms with Crippen molar-refractivity contribution < 1.29 is 14.1 Å². The van der Waals surface area contributed by atoms with Gasteiger partial charge in [0.05, 0.1) is 0 Å². The maximum atomic E-state index is 13.3. The summed E-state index contributed by atoms with van der Waals surface area (Å²) >= 11 is 7.27. The van der Waals surface area contributed by atoms with Crippen LogP contribution in [-0.4, -0.2) is 26.2 Å². The van der Waals surface area contributed by atoms with E-state index in [-0.39, 0.29) is 23.9 Å². The van der Waals surface area contributed by atoms with E-state index in [1.807, 2.05) is 23.6 Å². The summed E-state index contributed by atoms with van der Waals surface area (Å²) in [5.41, 5.74) is 2.28. The second-order valence-corrected chi connectivity index (χ2v) is 9.06. The van der Waals surface area contributed by atoms with Crippen molar-refractivity contribution in [2.45, 2.75) is 23.9 Å². The Morgan fingerprint density at radius 1 is 1.12 bits per heavy atom. The minimum atomic E-state index is -0.498. The number of hydrogen-bond acceptors (Lipinski definition) is 6. The predicted octanol–water partition coefficient (Wildman–Crippen LogP) is 6.06. The number of ether oxygens (including phenoxy) is 1. The average Bonchev–Trinajstić information content (AvgIpc) is 3.18. The molecule has 0 saturated carbocycles. The van der Waals surface area contributed by atoms with E-state index in [2.05, 4.69) is 10.2 Å². The molecule has 0 bridgehead atoms. The molecule has 0 spiro atoms. The molecule has 34 heavy (non-hydrogen) atoms. The van der Waals surface area contributed by atoms with Crippen LogP contribution in [0.4, 0.5) is 4.39 Å². The van der Waals surface area contributed by atoms with Crippen LogP contribution in [0.5, 0.6) is 5.75 Å². The molecule has 0 amide bonds. The summed E-state index contributed by atoms with van der Waals surface area (Å²) in [6.07, 6.45) is 0. The zero-order chi connectivity index (χ0) is 24.1. The normalized spacial score (nSPS) is 11.9. The Labute approximate surface area is 204 Å². The average molecular weight is 499 g/mol. The highest BCUT2D eigenvalue weighted by Gasteiger charge is 2.24. The minimum Gasteiger partial charge on any atom is -0.489 e. The molecule has 174 valence electrons. The van der Waals surface area contributed by atoms with E-state index in [0.717, 1.165) is 11.3 Å². The molecule has 0 fully saturated rings. The molecule has 4 aromatic rings. The number of hydrogen-bond donors (Lipinski definition) is 0. The first-order valence-corrected chi connectivity index (χ1v) is 11.6. The summed E-state index contributed by atoms with van der Waals surface area (Å²) in [6.45, 7) is 1.74. The van der Waals surface area contributed by atoms with Gasteiger partial charge in [0.25, 0.3) is 0 Å². The molecule has 1 heterocycles. The van der Waals surface area contributed by atoms with Crippen LogP contribution in [0, 0.1) is 22.9 Å². The van der Waals surface area contributed by atoms with E-state index in [0.29, 0.717) is 27.3 Å². The van der Waals surface area contributed by atoms with Gasteiger partial charge < -0.3 is 4.74 Å². The zero-order valence-corrected chi connectivity index (χ0v) is 19.7. The molecular formula is C24H20ClFN4O3S. The molecule has 0 unspecified atom stereocenters. The zero-order valence-electron chi connectivity index (χ0n) is 18.1. The lowest BCUT2D eigenvalue weighted by atomic mass is 10.1. The Hall–Kier alpha value is -3.43. The topological polar surface area (TPSA) is 83.1 Å². The molecule has 10 heteroatoms. The number of rotatable bonds is 9. The van der Waals surface area contributed by atoms with Gasteiger partial charge in [-0.15, -0.1) is 10.2 Å². The van der Waals surface area contributed by atoms with Crippen LogP contribution in [0.25, 0.3) is 5.69 Å². The molecule has 0 saturated heterocycles. The SMILES string of the molecule is Cc1nnc(S[C@@H](C[N+](=O)[O-])c2ccc(OCc3cccc(F)c3)cc2)n1-c1ccc(Cl)cc1. The summed E-state index contributed by atoms with van der Waals surface area (Å²) in [7, 11) is 0. The Kier molecular flexibility index (Phi) is 7.44. The fourth-order valence-electron chi connectivity index (χ4n) is 3.35. The lowest BCUT2D eigenvalue weighted by Crippen LogP contribution is -2.11. The van der Waals surface area contributed by atoms with Crippen molar-refractivity contribution in [3.05, 3.63) is 111 Å². The Morgan fingerprint density at radius 3 is 2.53 bits per heavy atom. The number of benzene rings is 3. The van der Waals surface area contributed by atoms with Gasteiger partial charge in [-0.2, -0.15) is 0 Å². The van der Waals surface area contributed by atoms with Crippen LogP contribution < -0.4 is 4.74 Å². The quantitative estimate of drug-likeness (QED) is 0.158. The monoisotopic (exact) mass is 498 g/mol. The molecule has 0 aliphatic heterocycles. The lowest BCUT2D eigenvalue weighted by molar-refractivity contribution is -0.479. The summed E-state index contributed by atoms with van der Waals surface area (Å²) in [4.78, 5) is 11.1. The number of aryl methyl sites for hydroxylation is 1. The van der Waals surface area contributed by atoms with Crippen LogP contribution in [0.2, 0.25) is 5.02 Å². The number of nitro groups is 1. The molecular weight excluding hydrogens is 479 g/mol. The summed E-state index contributed by atoms with van der Waals surface area (Å²) in [5, 5.41) is 20.4.